The van der Waals surface area contributed by atoms with Gasteiger partial charge in [-0.15, -0.1) is 0 Å². The fraction of sp³-hybridized carbons (Fsp3) is 0.370. The Hall–Kier alpha value is -2.90. The van der Waals surface area contributed by atoms with Crippen molar-refractivity contribution in [2.45, 2.75) is 38.7 Å². The van der Waals surface area contributed by atoms with Crippen molar-refractivity contribution in [3.63, 3.8) is 0 Å². The number of benzene rings is 2. The number of rotatable bonds is 6. The van der Waals surface area contributed by atoms with Gasteiger partial charge in [0.15, 0.2) is 6.10 Å². The van der Waals surface area contributed by atoms with Crippen LogP contribution in [0.1, 0.15) is 32.6 Å². The molecule has 2 aliphatic rings. The monoisotopic (exact) mass is 530 g/mol. The highest BCUT2D eigenvalue weighted by Crippen LogP contribution is 2.54. The zero-order valence-corrected chi connectivity index (χ0v) is 21.2. The number of aliphatic carboxylic acids is 1. The molecule has 1 aliphatic heterocycles. The number of amides is 1. The number of nitrogens with zero attached hydrogens (tertiary/aromatic N) is 2. The largest absolute Gasteiger partial charge is 0.481 e. The van der Waals surface area contributed by atoms with E-state index < -0.39 is 23.3 Å². The number of carboxylic acid groups (broad SMARTS) is 1. The summed E-state index contributed by atoms with van der Waals surface area (Å²) in [4.78, 5) is 31.0. The van der Waals surface area contributed by atoms with Crippen molar-refractivity contribution in [2.75, 3.05) is 13.1 Å². The molecule has 2 fully saturated rings. The third-order valence-corrected chi connectivity index (χ3v) is 7.98. The van der Waals surface area contributed by atoms with Crippen LogP contribution in [0, 0.1) is 17.2 Å². The summed E-state index contributed by atoms with van der Waals surface area (Å²) in [6.45, 7) is 2.74. The van der Waals surface area contributed by atoms with E-state index in [1.807, 2.05) is 0 Å². The number of ether oxygens (including phenoxy) is 1. The van der Waals surface area contributed by atoms with Gasteiger partial charge in [-0.25, -0.2) is 4.39 Å². The average Bonchev–Trinajstić information content (AvgIpc) is 3.65. The van der Waals surface area contributed by atoms with Crippen LogP contribution in [-0.4, -0.2) is 46.1 Å². The number of hydrogen-bond donors (Lipinski definition) is 1. The van der Waals surface area contributed by atoms with Crippen LogP contribution in [0.4, 0.5) is 4.39 Å². The van der Waals surface area contributed by atoms with Gasteiger partial charge in [-0.1, -0.05) is 23.2 Å². The Labute approximate surface area is 218 Å². The number of piperidine rings is 1. The molecule has 5 rings (SSSR count). The minimum absolute atomic E-state index is 0.0201. The molecule has 1 saturated carbocycles. The van der Waals surface area contributed by atoms with Gasteiger partial charge in [0.2, 0.25) is 0 Å². The molecule has 188 valence electrons. The number of likely N-dealkylation sites (tertiary alicyclic amines) is 1. The van der Waals surface area contributed by atoms with E-state index in [0.717, 1.165) is 18.2 Å². The smallest absolute Gasteiger partial charge is 0.309 e. The van der Waals surface area contributed by atoms with Crippen molar-refractivity contribution < 1.29 is 23.8 Å². The lowest BCUT2D eigenvalue weighted by Gasteiger charge is -2.37. The minimum Gasteiger partial charge on any atom is -0.481 e. The molecule has 1 aromatic heterocycles. The fourth-order valence-electron chi connectivity index (χ4n) is 5.29. The second kappa shape index (κ2) is 9.52. The molecule has 1 amide bonds. The molecular weight excluding hydrogens is 506 g/mol. The maximum atomic E-state index is 13.7. The quantitative estimate of drug-likeness (QED) is 0.409. The summed E-state index contributed by atoms with van der Waals surface area (Å²) in [5.74, 6) is -0.975. The van der Waals surface area contributed by atoms with Gasteiger partial charge in [0.05, 0.1) is 21.0 Å². The van der Waals surface area contributed by atoms with E-state index in [9.17, 15) is 19.1 Å². The number of fused-ring (bicyclic) bond motifs is 1. The van der Waals surface area contributed by atoms with Crippen LogP contribution in [-0.2, 0) is 9.59 Å². The van der Waals surface area contributed by atoms with E-state index >= 15 is 0 Å². The second-order valence-corrected chi connectivity index (χ2v) is 10.4. The van der Waals surface area contributed by atoms with Gasteiger partial charge in [-0.05, 0) is 74.4 Å². The molecule has 3 aromatic rings. The van der Waals surface area contributed by atoms with E-state index in [2.05, 4.69) is 4.98 Å². The first-order valence-corrected chi connectivity index (χ1v) is 12.7. The van der Waals surface area contributed by atoms with Crippen molar-refractivity contribution in [2.24, 2.45) is 11.3 Å². The van der Waals surface area contributed by atoms with Crippen molar-refractivity contribution >= 4 is 46.0 Å². The maximum absolute atomic E-state index is 13.7. The minimum atomic E-state index is -0.752. The average molecular weight is 531 g/mol. The molecule has 6 nitrogen and oxygen atoms in total. The molecule has 9 heteroatoms. The first kappa shape index (κ1) is 24.8. The zero-order chi connectivity index (χ0) is 25.6. The summed E-state index contributed by atoms with van der Waals surface area (Å²) in [7, 11) is 0. The maximum Gasteiger partial charge on any atom is 0.309 e. The molecule has 0 radical (unpaired) electrons. The fourth-order valence-corrected chi connectivity index (χ4v) is 5.95. The summed E-state index contributed by atoms with van der Waals surface area (Å²) in [5.41, 5.74) is 1.16. The van der Waals surface area contributed by atoms with Crippen molar-refractivity contribution in [3.05, 3.63) is 58.5 Å². The molecule has 2 aromatic carbocycles. The lowest BCUT2D eigenvalue weighted by molar-refractivity contribution is -0.149. The highest BCUT2D eigenvalue weighted by Gasteiger charge is 2.56. The van der Waals surface area contributed by atoms with Crippen LogP contribution in [0.15, 0.2) is 42.6 Å². The number of aromatic nitrogens is 1. The third kappa shape index (κ3) is 4.50. The summed E-state index contributed by atoms with van der Waals surface area (Å²) in [5, 5.41) is 10.8. The molecule has 2 heterocycles. The molecule has 1 aliphatic carbocycles. The summed E-state index contributed by atoms with van der Waals surface area (Å²) in [6.07, 6.45) is 3.84. The Kier molecular flexibility index (Phi) is 6.55. The third-order valence-electron chi connectivity index (χ3n) is 7.38. The van der Waals surface area contributed by atoms with Crippen molar-refractivity contribution in [1.29, 1.82) is 0 Å². The van der Waals surface area contributed by atoms with Gasteiger partial charge in [-0.3, -0.25) is 14.6 Å². The molecule has 2 unspecified atom stereocenters. The highest BCUT2D eigenvalue weighted by molar-refractivity contribution is 6.39. The van der Waals surface area contributed by atoms with Crippen LogP contribution in [0.25, 0.3) is 22.0 Å². The number of halogens is 3. The Morgan fingerprint density at radius 2 is 1.92 bits per heavy atom. The second-order valence-electron chi connectivity index (χ2n) is 9.63. The molecule has 1 N–H and O–H groups in total. The molecule has 36 heavy (non-hydrogen) atoms. The Morgan fingerprint density at radius 3 is 2.58 bits per heavy atom. The molecule has 0 spiro atoms. The standard InChI is InChI=1S/C27H25Cl2FN2O4/c1-15(25(33)32-10-2-3-16(14-32)27(7-8-27)26(34)35)36-18-4-5-19-20(6-9-31-23(19)13-18)24-21(28)11-17(30)12-22(24)29/h4-6,9,11-13,15-16H,2-3,7-8,10,14H2,1H3,(H,34,35). The Bertz CT molecular complexity index is 1340. The van der Waals surface area contributed by atoms with Crippen LogP contribution in [0.3, 0.4) is 0 Å². The van der Waals surface area contributed by atoms with Crippen LogP contribution < -0.4 is 4.74 Å². The molecule has 0 bridgehead atoms. The van der Waals surface area contributed by atoms with E-state index in [1.165, 1.54) is 12.1 Å². The van der Waals surface area contributed by atoms with Crippen LogP contribution in [0.5, 0.6) is 5.75 Å². The van der Waals surface area contributed by atoms with E-state index in [0.29, 0.717) is 48.3 Å². The predicted octanol–water partition coefficient (Wildman–Crippen LogP) is 6.22. The van der Waals surface area contributed by atoms with Gasteiger partial charge >= 0.3 is 5.97 Å². The SMILES string of the molecule is CC(Oc1ccc2c(-c3c(Cl)cc(F)cc3Cl)ccnc2c1)C(=O)N1CCCC(C2(C(=O)O)CC2)C1. The number of carbonyl (C=O) groups excluding carboxylic acids is 1. The van der Waals surface area contributed by atoms with E-state index in [1.54, 1.807) is 42.3 Å². The Morgan fingerprint density at radius 1 is 1.19 bits per heavy atom. The number of hydrogen-bond acceptors (Lipinski definition) is 4. The zero-order valence-electron chi connectivity index (χ0n) is 19.6. The molecular formula is C27H25Cl2FN2O4. The van der Waals surface area contributed by atoms with Crippen LogP contribution in [0.2, 0.25) is 10.0 Å². The first-order chi connectivity index (χ1) is 17.2. The number of carboxylic acids is 1. The lowest BCUT2D eigenvalue weighted by Crippen LogP contribution is -2.48. The molecule has 1 saturated heterocycles. The predicted molar refractivity (Wildman–Crippen MR) is 136 cm³/mol. The number of pyridine rings is 1. The first-order valence-electron chi connectivity index (χ1n) is 11.9. The number of carbonyl (C=O) groups is 2. The van der Waals surface area contributed by atoms with Gasteiger partial charge in [0.25, 0.3) is 5.91 Å². The van der Waals surface area contributed by atoms with Gasteiger partial charge in [0.1, 0.15) is 11.6 Å². The highest BCUT2D eigenvalue weighted by atomic mass is 35.5. The summed E-state index contributed by atoms with van der Waals surface area (Å²) >= 11 is 12.6. The molecule has 2 atom stereocenters. The summed E-state index contributed by atoms with van der Waals surface area (Å²) < 4.78 is 19.7. The van der Waals surface area contributed by atoms with Gasteiger partial charge in [0, 0.05) is 36.3 Å². The van der Waals surface area contributed by atoms with Gasteiger partial charge < -0.3 is 14.7 Å². The van der Waals surface area contributed by atoms with Gasteiger partial charge in [-0.2, -0.15) is 0 Å². The van der Waals surface area contributed by atoms with Crippen molar-refractivity contribution in [1.82, 2.24) is 9.88 Å². The normalized spacial score (nSPS) is 19.7. The van der Waals surface area contributed by atoms with E-state index in [4.69, 9.17) is 27.9 Å². The van der Waals surface area contributed by atoms with Crippen molar-refractivity contribution in [3.8, 4) is 16.9 Å². The summed E-state index contributed by atoms with van der Waals surface area (Å²) in [6, 6.07) is 9.47. The lowest BCUT2D eigenvalue weighted by atomic mass is 9.82. The van der Waals surface area contributed by atoms with Crippen LogP contribution >= 0.6 is 23.2 Å². The topological polar surface area (TPSA) is 79.7 Å². The van der Waals surface area contributed by atoms with E-state index in [-0.39, 0.29) is 21.9 Å². The Balaban J connectivity index is 1.34.